The lowest BCUT2D eigenvalue weighted by molar-refractivity contribution is -0.596. The molecule has 3 aromatic carbocycles. The van der Waals surface area contributed by atoms with Crippen LogP contribution in [0.25, 0.3) is 0 Å². The van der Waals surface area contributed by atoms with E-state index in [1.54, 1.807) is 16.8 Å². The topological polar surface area (TPSA) is 64.5 Å². The van der Waals surface area contributed by atoms with Gasteiger partial charge < -0.3 is 10.2 Å². The lowest BCUT2D eigenvalue weighted by Crippen LogP contribution is -2.42. The van der Waals surface area contributed by atoms with Gasteiger partial charge in [0.05, 0.1) is 0 Å². The summed E-state index contributed by atoms with van der Waals surface area (Å²) in [6, 6.07) is 22.3. The van der Waals surface area contributed by atoms with Crippen LogP contribution in [-0.2, 0) is 4.79 Å². The molecule has 1 fully saturated rings. The van der Waals surface area contributed by atoms with Gasteiger partial charge in [-0.1, -0.05) is 47.5 Å². The van der Waals surface area contributed by atoms with E-state index in [2.05, 4.69) is 10.7 Å². The zero-order chi connectivity index (χ0) is 23.5. The van der Waals surface area contributed by atoms with E-state index in [-0.39, 0.29) is 17.9 Å². The minimum Gasteiger partial charge on any atom is -0.378 e. The molecule has 0 saturated carbocycles. The molecule has 0 spiro atoms. The zero-order valence-electron chi connectivity index (χ0n) is 19.4. The van der Waals surface area contributed by atoms with Crippen LogP contribution >= 0.6 is 0 Å². The van der Waals surface area contributed by atoms with Crippen LogP contribution in [0.1, 0.15) is 38.7 Å². The molecular formula is C27H29N4O2+. The van der Waals surface area contributed by atoms with Gasteiger partial charge in [-0.3, -0.25) is 9.59 Å². The largest absolute Gasteiger partial charge is 0.378 e. The van der Waals surface area contributed by atoms with E-state index in [0.717, 1.165) is 27.9 Å². The SMILES string of the molecule is Cc1ccc(C(=O)N[C@H]2C(=O)N/[N+](=C\c3ccc(N(C)C)cc3)[C@@H]2c2ccc(C)cc2)cc1. The molecule has 0 aliphatic carbocycles. The standard InChI is InChI=1S/C27H28N4O2/c1-18-5-11-21(12-6-18)25-24(28-26(32)22-13-7-19(2)8-14-22)27(33)29-31(25)17-20-9-15-23(16-10-20)30(3)4/h5-17,24-25H,1-4H3,(H-,28,29,32,33)/p+1/t24-,25-/m1/s1. The summed E-state index contributed by atoms with van der Waals surface area (Å²) in [4.78, 5) is 28.0. The first-order chi connectivity index (χ1) is 15.8. The maximum atomic E-state index is 13.0. The van der Waals surface area contributed by atoms with E-state index in [4.69, 9.17) is 0 Å². The van der Waals surface area contributed by atoms with Gasteiger partial charge in [-0.25, -0.2) is 0 Å². The molecule has 2 atom stereocenters. The number of amides is 2. The summed E-state index contributed by atoms with van der Waals surface area (Å²) >= 11 is 0. The number of hydrogen-bond acceptors (Lipinski definition) is 3. The Balaban J connectivity index is 1.68. The Hall–Kier alpha value is -3.93. The van der Waals surface area contributed by atoms with Gasteiger partial charge >= 0.3 is 5.91 Å². The number of carbonyl (C=O) groups excluding carboxylic acids is 2. The molecule has 168 valence electrons. The Kier molecular flexibility index (Phi) is 6.27. The maximum absolute atomic E-state index is 13.0. The minimum absolute atomic E-state index is 0.248. The smallest absolute Gasteiger partial charge is 0.304 e. The van der Waals surface area contributed by atoms with Crippen LogP contribution in [0.15, 0.2) is 72.8 Å². The van der Waals surface area contributed by atoms with E-state index >= 15 is 0 Å². The lowest BCUT2D eigenvalue weighted by Gasteiger charge is -2.15. The molecule has 6 nitrogen and oxygen atoms in total. The molecule has 1 aliphatic rings. The van der Waals surface area contributed by atoms with Gasteiger partial charge in [0.1, 0.15) is 0 Å². The van der Waals surface area contributed by atoms with Gasteiger partial charge in [0.25, 0.3) is 5.91 Å². The minimum atomic E-state index is -0.737. The van der Waals surface area contributed by atoms with E-state index in [0.29, 0.717) is 5.56 Å². The molecule has 2 amide bonds. The number of hydrogen-bond donors (Lipinski definition) is 2. The number of hydrazone groups is 1. The van der Waals surface area contributed by atoms with Gasteiger partial charge in [-0.2, -0.15) is 0 Å². The predicted molar refractivity (Wildman–Crippen MR) is 131 cm³/mol. The summed E-state index contributed by atoms with van der Waals surface area (Å²) < 4.78 is 1.79. The first-order valence-electron chi connectivity index (χ1n) is 11.0. The number of nitrogens with one attached hydrogen (secondary N) is 2. The number of rotatable bonds is 5. The van der Waals surface area contributed by atoms with Crippen molar-refractivity contribution >= 4 is 23.7 Å². The van der Waals surface area contributed by atoms with Crippen molar-refractivity contribution < 1.29 is 14.3 Å². The summed E-state index contributed by atoms with van der Waals surface area (Å²) in [5.41, 5.74) is 8.64. The fraction of sp³-hybridized carbons (Fsp3) is 0.222. The fourth-order valence-corrected chi connectivity index (χ4v) is 3.89. The molecule has 0 radical (unpaired) electrons. The number of aryl methyl sites for hydroxylation is 2. The Morgan fingerprint density at radius 2 is 1.48 bits per heavy atom. The monoisotopic (exact) mass is 441 g/mol. The number of hydrazine groups is 1. The second-order valence-corrected chi connectivity index (χ2v) is 8.67. The van der Waals surface area contributed by atoms with Crippen LogP contribution in [0, 0.1) is 13.8 Å². The quantitative estimate of drug-likeness (QED) is 0.597. The molecule has 1 saturated heterocycles. The predicted octanol–water partition coefficient (Wildman–Crippen LogP) is 3.39. The van der Waals surface area contributed by atoms with Crippen molar-refractivity contribution in [3.63, 3.8) is 0 Å². The van der Waals surface area contributed by atoms with Gasteiger partial charge in [0.2, 0.25) is 12.3 Å². The normalized spacial score (nSPS) is 18.8. The summed E-state index contributed by atoms with van der Waals surface area (Å²) in [5.74, 6) is -0.522. The molecule has 1 heterocycles. The van der Waals surface area contributed by atoms with E-state index < -0.39 is 6.04 Å². The number of anilines is 1. The third kappa shape index (κ3) is 4.95. The van der Waals surface area contributed by atoms with Crippen LogP contribution < -0.4 is 15.6 Å². The summed E-state index contributed by atoms with van der Waals surface area (Å²) in [6.45, 7) is 3.99. The third-order valence-corrected chi connectivity index (χ3v) is 5.85. The van der Waals surface area contributed by atoms with Gasteiger partial charge in [0.15, 0.2) is 6.04 Å². The highest BCUT2D eigenvalue weighted by Gasteiger charge is 2.47. The van der Waals surface area contributed by atoms with Crippen molar-refractivity contribution in [1.82, 2.24) is 10.7 Å². The second-order valence-electron chi connectivity index (χ2n) is 8.67. The van der Waals surface area contributed by atoms with Crippen molar-refractivity contribution in [3.8, 4) is 0 Å². The van der Waals surface area contributed by atoms with Crippen LogP contribution in [0.2, 0.25) is 0 Å². The Labute approximate surface area is 194 Å². The number of carbonyl (C=O) groups is 2. The number of nitrogens with zero attached hydrogens (tertiary/aromatic N) is 2. The highest BCUT2D eigenvalue weighted by atomic mass is 16.2. The maximum Gasteiger partial charge on any atom is 0.304 e. The third-order valence-electron chi connectivity index (χ3n) is 5.85. The summed E-state index contributed by atoms with van der Waals surface area (Å²) in [6.07, 6.45) is 1.90. The van der Waals surface area contributed by atoms with Crippen LogP contribution in [0.4, 0.5) is 5.69 Å². The zero-order valence-corrected chi connectivity index (χ0v) is 19.4. The molecule has 6 heteroatoms. The average molecular weight is 442 g/mol. The molecule has 4 rings (SSSR count). The summed E-state index contributed by atoms with van der Waals surface area (Å²) in [7, 11) is 3.99. The highest BCUT2D eigenvalue weighted by molar-refractivity contribution is 5.98. The number of benzene rings is 3. The van der Waals surface area contributed by atoms with Crippen molar-refractivity contribution in [2.75, 3.05) is 19.0 Å². The average Bonchev–Trinajstić information content (AvgIpc) is 3.09. The summed E-state index contributed by atoms with van der Waals surface area (Å²) in [5, 5.41) is 2.95. The molecule has 3 aromatic rings. The molecule has 0 bridgehead atoms. The molecular weight excluding hydrogens is 412 g/mol. The van der Waals surface area contributed by atoms with E-state index in [1.165, 1.54) is 0 Å². The molecule has 0 aromatic heterocycles. The van der Waals surface area contributed by atoms with Crippen LogP contribution in [0.3, 0.4) is 0 Å². The van der Waals surface area contributed by atoms with Crippen LogP contribution in [-0.4, -0.2) is 42.9 Å². The Morgan fingerprint density at radius 1 is 0.909 bits per heavy atom. The van der Waals surface area contributed by atoms with Crippen molar-refractivity contribution in [2.45, 2.75) is 25.9 Å². The van der Waals surface area contributed by atoms with Gasteiger partial charge in [-0.05, 0) is 50.2 Å². The van der Waals surface area contributed by atoms with Crippen molar-refractivity contribution in [2.24, 2.45) is 0 Å². The Morgan fingerprint density at radius 3 is 2.06 bits per heavy atom. The first-order valence-corrected chi connectivity index (χ1v) is 11.0. The Bertz CT molecular complexity index is 1180. The molecule has 1 aliphatic heterocycles. The van der Waals surface area contributed by atoms with E-state index in [9.17, 15) is 9.59 Å². The lowest BCUT2D eigenvalue weighted by atomic mass is 9.98. The molecule has 2 N–H and O–H groups in total. The van der Waals surface area contributed by atoms with Crippen molar-refractivity contribution in [3.05, 3.63) is 101 Å². The highest BCUT2D eigenvalue weighted by Crippen LogP contribution is 2.26. The van der Waals surface area contributed by atoms with Crippen molar-refractivity contribution in [1.29, 1.82) is 0 Å². The van der Waals surface area contributed by atoms with Crippen LogP contribution in [0.5, 0.6) is 0 Å². The molecule has 33 heavy (non-hydrogen) atoms. The van der Waals surface area contributed by atoms with Gasteiger partial charge in [-0.15, -0.1) is 10.1 Å². The first kappa shape index (κ1) is 22.3. The second kappa shape index (κ2) is 9.28. The van der Waals surface area contributed by atoms with Gasteiger partial charge in [0, 0.05) is 36.5 Å². The van der Waals surface area contributed by atoms with E-state index in [1.807, 2.05) is 99.7 Å². The fourth-order valence-electron chi connectivity index (χ4n) is 3.89. The molecule has 0 unspecified atom stereocenters.